The standard InChI is InChI=1S/C11H13BrN2O/c1-7(2)10-6-15-11(14-10)9-4-3-8(12)5-13-9/h3-5,7,10H,6H2,1-2H3/t10-/m1/s1. The van der Waals surface area contributed by atoms with Gasteiger partial charge in [-0.25, -0.2) is 4.99 Å². The Morgan fingerprint density at radius 3 is 2.80 bits per heavy atom. The number of aromatic nitrogens is 1. The Morgan fingerprint density at radius 1 is 1.47 bits per heavy atom. The van der Waals surface area contributed by atoms with Gasteiger partial charge in [0.15, 0.2) is 0 Å². The molecule has 1 aromatic heterocycles. The highest BCUT2D eigenvalue weighted by Gasteiger charge is 2.23. The van der Waals surface area contributed by atoms with Gasteiger partial charge in [-0.3, -0.25) is 4.98 Å². The third kappa shape index (κ3) is 2.37. The van der Waals surface area contributed by atoms with Gasteiger partial charge in [0.05, 0.1) is 6.04 Å². The molecule has 2 heterocycles. The third-order valence-corrected chi connectivity index (χ3v) is 2.86. The van der Waals surface area contributed by atoms with Crippen molar-refractivity contribution in [1.29, 1.82) is 0 Å². The van der Waals surface area contributed by atoms with Gasteiger partial charge in [0, 0.05) is 10.7 Å². The summed E-state index contributed by atoms with van der Waals surface area (Å²) in [5, 5.41) is 0. The van der Waals surface area contributed by atoms with Gasteiger partial charge in [-0.1, -0.05) is 13.8 Å². The summed E-state index contributed by atoms with van der Waals surface area (Å²) in [6.45, 7) is 4.97. The number of ether oxygens (including phenoxy) is 1. The molecule has 1 aromatic rings. The zero-order chi connectivity index (χ0) is 10.8. The second-order valence-corrected chi connectivity index (χ2v) is 4.83. The molecule has 3 nitrogen and oxygen atoms in total. The fourth-order valence-electron chi connectivity index (χ4n) is 1.37. The molecular weight excluding hydrogens is 256 g/mol. The zero-order valence-corrected chi connectivity index (χ0v) is 10.4. The van der Waals surface area contributed by atoms with Gasteiger partial charge in [-0.05, 0) is 34.0 Å². The van der Waals surface area contributed by atoms with Crippen LogP contribution in [0.1, 0.15) is 19.5 Å². The van der Waals surface area contributed by atoms with Gasteiger partial charge in [0.25, 0.3) is 0 Å². The third-order valence-electron chi connectivity index (χ3n) is 2.39. The largest absolute Gasteiger partial charge is 0.474 e. The Kier molecular flexibility index (Phi) is 3.05. The molecule has 1 aliphatic rings. The number of nitrogens with zero attached hydrogens (tertiary/aromatic N) is 2. The van der Waals surface area contributed by atoms with Gasteiger partial charge in [0.1, 0.15) is 12.3 Å². The predicted octanol–water partition coefficient (Wildman–Crippen LogP) is 2.65. The average molecular weight is 269 g/mol. The highest BCUT2D eigenvalue weighted by atomic mass is 79.9. The van der Waals surface area contributed by atoms with Crippen LogP contribution in [0.5, 0.6) is 0 Å². The fourth-order valence-corrected chi connectivity index (χ4v) is 1.61. The lowest BCUT2D eigenvalue weighted by atomic mass is 10.1. The summed E-state index contributed by atoms with van der Waals surface area (Å²) >= 11 is 3.35. The molecule has 0 aliphatic carbocycles. The summed E-state index contributed by atoms with van der Waals surface area (Å²) in [5.41, 5.74) is 0.807. The summed E-state index contributed by atoms with van der Waals surface area (Å²) in [6, 6.07) is 4.12. The van der Waals surface area contributed by atoms with Crippen molar-refractivity contribution < 1.29 is 4.74 Å². The molecule has 0 spiro atoms. The molecule has 15 heavy (non-hydrogen) atoms. The van der Waals surface area contributed by atoms with E-state index in [4.69, 9.17) is 4.74 Å². The zero-order valence-electron chi connectivity index (χ0n) is 8.77. The molecule has 0 bridgehead atoms. The monoisotopic (exact) mass is 268 g/mol. The number of pyridine rings is 1. The van der Waals surface area contributed by atoms with Gasteiger partial charge in [-0.15, -0.1) is 0 Å². The van der Waals surface area contributed by atoms with Crippen molar-refractivity contribution >= 4 is 21.8 Å². The maximum Gasteiger partial charge on any atom is 0.235 e. The quantitative estimate of drug-likeness (QED) is 0.827. The normalized spacial score (nSPS) is 20.3. The molecule has 0 fully saturated rings. The van der Waals surface area contributed by atoms with Gasteiger partial charge < -0.3 is 4.74 Å². The minimum absolute atomic E-state index is 0.269. The molecule has 0 saturated carbocycles. The van der Waals surface area contributed by atoms with E-state index < -0.39 is 0 Å². The molecular formula is C11H13BrN2O. The molecule has 2 rings (SSSR count). The van der Waals surface area contributed by atoms with E-state index in [1.54, 1.807) is 6.20 Å². The lowest BCUT2D eigenvalue weighted by Crippen LogP contribution is -2.13. The molecule has 4 heteroatoms. The fraction of sp³-hybridized carbons (Fsp3) is 0.455. The number of rotatable bonds is 2. The van der Waals surface area contributed by atoms with Crippen molar-refractivity contribution in [2.24, 2.45) is 10.9 Å². The smallest absolute Gasteiger partial charge is 0.235 e. The van der Waals surface area contributed by atoms with Gasteiger partial charge in [-0.2, -0.15) is 0 Å². The van der Waals surface area contributed by atoms with Crippen molar-refractivity contribution in [3.63, 3.8) is 0 Å². The van der Waals surface area contributed by atoms with E-state index in [1.165, 1.54) is 0 Å². The van der Waals surface area contributed by atoms with Crippen LogP contribution in [0.25, 0.3) is 0 Å². The van der Waals surface area contributed by atoms with E-state index in [0.717, 1.165) is 10.2 Å². The maximum atomic E-state index is 5.52. The Bertz CT molecular complexity index is 373. The van der Waals surface area contributed by atoms with Gasteiger partial charge in [0.2, 0.25) is 5.90 Å². The summed E-state index contributed by atoms with van der Waals surface area (Å²) in [4.78, 5) is 8.76. The van der Waals surface area contributed by atoms with Crippen molar-refractivity contribution in [3.05, 3.63) is 28.5 Å². The van der Waals surface area contributed by atoms with Crippen molar-refractivity contribution in [1.82, 2.24) is 4.98 Å². The first-order chi connectivity index (χ1) is 7.16. The molecule has 0 unspecified atom stereocenters. The minimum Gasteiger partial charge on any atom is -0.474 e. The number of halogens is 1. The molecule has 1 aliphatic heterocycles. The highest BCUT2D eigenvalue weighted by Crippen LogP contribution is 2.17. The number of hydrogen-bond donors (Lipinski definition) is 0. The average Bonchev–Trinajstić information content (AvgIpc) is 2.68. The van der Waals surface area contributed by atoms with E-state index in [2.05, 4.69) is 39.8 Å². The molecule has 0 radical (unpaired) electrons. The number of hydrogen-bond acceptors (Lipinski definition) is 3. The lowest BCUT2D eigenvalue weighted by molar-refractivity contribution is 0.291. The van der Waals surface area contributed by atoms with Crippen molar-refractivity contribution in [2.45, 2.75) is 19.9 Å². The summed E-state index contributed by atoms with van der Waals surface area (Å²) in [7, 11) is 0. The molecule has 0 saturated heterocycles. The van der Waals surface area contributed by atoms with Crippen LogP contribution in [0.3, 0.4) is 0 Å². The van der Waals surface area contributed by atoms with Gasteiger partial charge >= 0.3 is 0 Å². The molecule has 1 atom stereocenters. The second kappa shape index (κ2) is 4.31. The van der Waals surface area contributed by atoms with Crippen LogP contribution >= 0.6 is 15.9 Å². The number of aliphatic imine (C=N–C) groups is 1. The first kappa shape index (κ1) is 10.6. The van der Waals surface area contributed by atoms with E-state index in [9.17, 15) is 0 Å². The van der Waals surface area contributed by atoms with Crippen LogP contribution in [-0.4, -0.2) is 23.5 Å². The van der Waals surface area contributed by atoms with Crippen molar-refractivity contribution in [3.8, 4) is 0 Å². The maximum absolute atomic E-state index is 5.52. The van der Waals surface area contributed by atoms with Crippen LogP contribution in [0.2, 0.25) is 0 Å². The van der Waals surface area contributed by atoms with E-state index in [0.29, 0.717) is 18.4 Å². The van der Waals surface area contributed by atoms with E-state index >= 15 is 0 Å². The van der Waals surface area contributed by atoms with Crippen LogP contribution in [-0.2, 0) is 4.74 Å². The Morgan fingerprint density at radius 2 is 2.27 bits per heavy atom. The predicted molar refractivity (Wildman–Crippen MR) is 63.1 cm³/mol. The molecule has 0 amide bonds. The van der Waals surface area contributed by atoms with Crippen LogP contribution in [0.4, 0.5) is 0 Å². The van der Waals surface area contributed by atoms with Crippen molar-refractivity contribution in [2.75, 3.05) is 6.61 Å². The van der Waals surface area contributed by atoms with Crippen LogP contribution in [0.15, 0.2) is 27.8 Å². The molecule has 0 N–H and O–H groups in total. The summed E-state index contributed by atoms with van der Waals surface area (Å²) < 4.78 is 6.49. The topological polar surface area (TPSA) is 34.5 Å². The first-order valence-electron chi connectivity index (χ1n) is 4.99. The van der Waals surface area contributed by atoms with E-state index in [1.807, 2.05) is 12.1 Å². The molecule has 0 aromatic carbocycles. The van der Waals surface area contributed by atoms with Crippen LogP contribution < -0.4 is 0 Å². The molecule has 80 valence electrons. The lowest BCUT2D eigenvalue weighted by Gasteiger charge is -2.06. The first-order valence-corrected chi connectivity index (χ1v) is 5.78. The SMILES string of the molecule is CC(C)[C@H]1COC(c2ccc(Br)cn2)=N1. The second-order valence-electron chi connectivity index (χ2n) is 3.92. The van der Waals surface area contributed by atoms with Crippen LogP contribution in [0, 0.1) is 5.92 Å². The summed E-state index contributed by atoms with van der Waals surface area (Å²) in [6.07, 6.45) is 1.75. The highest BCUT2D eigenvalue weighted by molar-refractivity contribution is 9.10. The Balaban J connectivity index is 2.19. The van der Waals surface area contributed by atoms with E-state index in [-0.39, 0.29) is 6.04 Å². The minimum atomic E-state index is 0.269. The Hall–Kier alpha value is -0.900. The Labute approximate surface area is 97.7 Å². The summed E-state index contributed by atoms with van der Waals surface area (Å²) in [5.74, 6) is 1.18.